The van der Waals surface area contributed by atoms with E-state index < -0.39 is 0 Å². The lowest BCUT2D eigenvalue weighted by Gasteiger charge is -2.32. The summed E-state index contributed by atoms with van der Waals surface area (Å²) in [5, 5.41) is 2.28. The number of aromatic nitrogens is 1. The van der Waals surface area contributed by atoms with E-state index in [0.29, 0.717) is 16.1 Å². The van der Waals surface area contributed by atoms with Crippen LogP contribution in [0.1, 0.15) is 36.7 Å². The molecule has 2 aromatic rings. The SMILES string of the molecule is CC[C@@H]1CSC2=N[C@@H](c3ccccn3)[C@H](c3ccc(Cl)c(Cl)c3)N21. The molecule has 0 N–H and O–H groups in total. The maximum Gasteiger partial charge on any atom is 0.160 e. The topological polar surface area (TPSA) is 28.5 Å². The molecule has 0 radical (unpaired) electrons. The molecule has 124 valence electrons. The van der Waals surface area contributed by atoms with Crippen LogP contribution in [-0.2, 0) is 0 Å². The third-order valence-corrected chi connectivity index (χ3v) is 6.48. The molecule has 3 nitrogen and oxygen atoms in total. The van der Waals surface area contributed by atoms with Crippen LogP contribution >= 0.6 is 35.0 Å². The van der Waals surface area contributed by atoms with Gasteiger partial charge in [-0.05, 0) is 36.2 Å². The van der Waals surface area contributed by atoms with Gasteiger partial charge in [0.1, 0.15) is 6.04 Å². The van der Waals surface area contributed by atoms with E-state index in [1.165, 1.54) is 0 Å². The molecule has 3 heterocycles. The average molecular weight is 378 g/mol. The quantitative estimate of drug-likeness (QED) is 0.719. The minimum atomic E-state index is -0.0136. The fourth-order valence-electron chi connectivity index (χ4n) is 3.41. The molecule has 24 heavy (non-hydrogen) atoms. The highest BCUT2D eigenvalue weighted by Gasteiger charge is 2.45. The fraction of sp³-hybridized carbons (Fsp3) is 0.333. The lowest BCUT2D eigenvalue weighted by molar-refractivity contribution is 0.255. The monoisotopic (exact) mass is 377 g/mol. The predicted molar refractivity (Wildman–Crippen MR) is 102 cm³/mol. The second kappa shape index (κ2) is 6.58. The van der Waals surface area contributed by atoms with Gasteiger partial charge < -0.3 is 4.90 Å². The van der Waals surface area contributed by atoms with E-state index in [1.807, 2.05) is 48.3 Å². The molecule has 6 heteroatoms. The van der Waals surface area contributed by atoms with Crippen molar-refractivity contribution in [1.29, 1.82) is 0 Å². The lowest BCUT2D eigenvalue weighted by Crippen LogP contribution is -2.35. The summed E-state index contributed by atoms with van der Waals surface area (Å²) in [6, 6.07) is 12.5. The number of pyridine rings is 1. The molecule has 0 amide bonds. The van der Waals surface area contributed by atoms with Crippen molar-refractivity contribution in [3.63, 3.8) is 0 Å². The average Bonchev–Trinajstić information content (AvgIpc) is 3.17. The van der Waals surface area contributed by atoms with Crippen LogP contribution in [0.25, 0.3) is 0 Å². The van der Waals surface area contributed by atoms with Gasteiger partial charge in [0.2, 0.25) is 0 Å². The Balaban J connectivity index is 1.80. The minimum absolute atomic E-state index is 0.0136. The smallest absolute Gasteiger partial charge is 0.160 e. The summed E-state index contributed by atoms with van der Waals surface area (Å²) in [5.41, 5.74) is 2.13. The number of hydrogen-bond donors (Lipinski definition) is 0. The number of benzene rings is 1. The number of aliphatic imine (C=N–C) groups is 1. The molecule has 1 fully saturated rings. The zero-order valence-electron chi connectivity index (χ0n) is 13.2. The number of rotatable bonds is 3. The summed E-state index contributed by atoms with van der Waals surface area (Å²) in [5.74, 6) is 1.09. The third-order valence-electron chi connectivity index (χ3n) is 4.61. The number of hydrogen-bond acceptors (Lipinski definition) is 4. The number of fused-ring (bicyclic) bond motifs is 1. The summed E-state index contributed by atoms with van der Waals surface area (Å²) in [4.78, 5) is 12.0. The Morgan fingerprint density at radius 3 is 2.79 bits per heavy atom. The van der Waals surface area contributed by atoms with Crippen molar-refractivity contribution in [1.82, 2.24) is 9.88 Å². The maximum absolute atomic E-state index is 6.29. The predicted octanol–water partition coefficient (Wildman–Crippen LogP) is 5.37. The second-order valence-corrected chi connectivity index (χ2v) is 7.81. The van der Waals surface area contributed by atoms with Gasteiger partial charge in [0.05, 0.1) is 21.8 Å². The summed E-state index contributed by atoms with van der Waals surface area (Å²) in [6.07, 6.45) is 2.92. The van der Waals surface area contributed by atoms with Gasteiger partial charge in [0, 0.05) is 18.0 Å². The van der Waals surface area contributed by atoms with Gasteiger partial charge in [-0.1, -0.05) is 54.0 Å². The van der Waals surface area contributed by atoms with Crippen molar-refractivity contribution >= 4 is 40.1 Å². The molecule has 1 aromatic carbocycles. The molecular weight excluding hydrogens is 361 g/mol. The molecule has 4 rings (SSSR count). The molecular formula is C18H17Cl2N3S. The van der Waals surface area contributed by atoms with Crippen LogP contribution < -0.4 is 0 Å². The van der Waals surface area contributed by atoms with Gasteiger partial charge in [0.25, 0.3) is 0 Å². The lowest BCUT2D eigenvalue weighted by atomic mass is 9.95. The van der Waals surface area contributed by atoms with Gasteiger partial charge in [-0.2, -0.15) is 0 Å². The largest absolute Gasteiger partial charge is 0.338 e. The van der Waals surface area contributed by atoms with E-state index in [2.05, 4.69) is 22.9 Å². The Labute approximate surface area is 156 Å². The van der Waals surface area contributed by atoms with Crippen molar-refractivity contribution in [2.45, 2.75) is 31.5 Å². The van der Waals surface area contributed by atoms with Crippen LogP contribution in [0.15, 0.2) is 47.6 Å². The summed E-state index contributed by atoms with van der Waals surface area (Å²) < 4.78 is 0. The Hall–Kier alpha value is -1.23. The minimum Gasteiger partial charge on any atom is -0.338 e. The van der Waals surface area contributed by atoms with E-state index >= 15 is 0 Å². The molecule has 2 aliphatic rings. The van der Waals surface area contributed by atoms with Crippen molar-refractivity contribution in [2.24, 2.45) is 4.99 Å². The standard InChI is InChI=1S/C18H17Cl2N3S/c1-2-12-10-24-18-22-16(15-5-3-4-8-21-15)17(23(12)18)11-6-7-13(19)14(20)9-11/h3-9,12,16-17H,2,10H2,1H3/t12-,16+,17+/m1/s1. The number of thioether (sulfide) groups is 1. The Kier molecular flexibility index (Phi) is 4.46. The van der Waals surface area contributed by atoms with E-state index in [0.717, 1.165) is 28.6 Å². The van der Waals surface area contributed by atoms with Crippen LogP contribution in [-0.4, -0.2) is 26.8 Å². The fourth-order valence-corrected chi connectivity index (χ4v) is 5.05. The Morgan fingerprint density at radius 2 is 2.08 bits per heavy atom. The first-order valence-electron chi connectivity index (χ1n) is 8.04. The second-order valence-electron chi connectivity index (χ2n) is 6.01. The molecule has 0 saturated carbocycles. The van der Waals surface area contributed by atoms with Crippen molar-refractivity contribution in [2.75, 3.05) is 5.75 Å². The molecule has 0 unspecified atom stereocenters. The van der Waals surface area contributed by atoms with Crippen molar-refractivity contribution < 1.29 is 0 Å². The van der Waals surface area contributed by atoms with Crippen molar-refractivity contribution in [3.05, 3.63) is 63.9 Å². The number of amidine groups is 1. The zero-order valence-corrected chi connectivity index (χ0v) is 15.5. The molecule has 0 aliphatic carbocycles. The van der Waals surface area contributed by atoms with E-state index in [9.17, 15) is 0 Å². The molecule has 3 atom stereocenters. The van der Waals surface area contributed by atoms with Crippen molar-refractivity contribution in [3.8, 4) is 0 Å². The third kappa shape index (κ3) is 2.71. The van der Waals surface area contributed by atoms with E-state index in [1.54, 1.807) is 0 Å². The zero-order chi connectivity index (χ0) is 16.7. The first-order chi connectivity index (χ1) is 11.7. The van der Waals surface area contributed by atoms with E-state index in [-0.39, 0.29) is 12.1 Å². The first-order valence-corrected chi connectivity index (χ1v) is 9.78. The molecule has 2 aliphatic heterocycles. The summed E-state index contributed by atoms with van der Waals surface area (Å²) in [7, 11) is 0. The maximum atomic E-state index is 6.29. The molecule has 1 aromatic heterocycles. The summed E-state index contributed by atoms with van der Waals surface area (Å²) in [6.45, 7) is 2.23. The van der Waals surface area contributed by atoms with Gasteiger partial charge in [0.15, 0.2) is 5.17 Å². The van der Waals surface area contributed by atoms with Gasteiger partial charge >= 0.3 is 0 Å². The van der Waals surface area contributed by atoms with Crippen LogP contribution in [0, 0.1) is 0 Å². The molecule has 0 spiro atoms. The normalized spacial score (nSPS) is 25.7. The highest BCUT2D eigenvalue weighted by molar-refractivity contribution is 8.14. The van der Waals surface area contributed by atoms with E-state index in [4.69, 9.17) is 28.2 Å². The highest BCUT2D eigenvalue weighted by Crippen LogP contribution is 2.49. The Bertz CT molecular complexity index is 781. The van der Waals surface area contributed by atoms with Crippen LogP contribution in [0.3, 0.4) is 0 Å². The van der Waals surface area contributed by atoms with Crippen LogP contribution in [0.5, 0.6) is 0 Å². The van der Waals surface area contributed by atoms with Crippen LogP contribution in [0.2, 0.25) is 10.0 Å². The van der Waals surface area contributed by atoms with Crippen LogP contribution in [0.4, 0.5) is 0 Å². The van der Waals surface area contributed by atoms with Gasteiger partial charge in [-0.25, -0.2) is 0 Å². The number of nitrogens with zero attached hydrogens (tertiary/aromatic N) is 3. The number of halogens is 2. The van der Waals surface area contributed by atoms with Gasteiger partial charge in [-0.15, -0.1) is 0 Å². The summed E-state index contributed by atoms with van der Waals surface area (Å²) >= 11 is 14.2. The Morgan fingerprint density at radius 1 is 1.21 bits per heavy atom. The van der Waals surface area contributed by atoms with Gasteiger partial charge in [-0.3, -0.25) is 9.98 Å². The first kappa shape index (κ1) is 16.2. The molecule has 1 saturated heterocycles. The molecule has 0 bridgehead atoms. The highest BCUT2D eigenvalue weighted by atomic mass is 35.5.